The largest absolute Gasteiger partial charge is 0.453 e. The Morgan fingerprint density at radius 1 is 0.800 bits per heavy atom. The van der Waals surface area contributed by atoms with Crippen molar-refractivity contribution in [3.63, 3.8) is 0 Å². The number of aromatic amines is 2. The fraction of sp³-hybridized carbons (Fsp3) is 0.442. The summed E-state index contributed by atoms with van der Waals surface area (Å²) in [5, 5.41) is 7.17. The van der Waals surface area contributed by atoms with E-state index in [0.717, 1.165) is 55.3 Å². The van der Waals surface area contributed by atoms with Gasteiger partial charge in [-0.15, -0.1) is 0 Å². The number of imidazole rings is 2. The number of fused-ring (bicyclic) bond motifs is 3. The van der Waals surface area contributed by atoms with Crippen LogP contribution in [-0.4, -0.2) is 107 Å². The second-order valence-electron chi connectivity index (χ2n) is 17.4. The first-order valence-electron chi connectivity index (χ1n) is 20.1. The van der Waals surface area contributed by atoms with E-state index in [2.05, 4.69) is 49.5 Å². The Balaban J connectivity index is 1.11. The van der Waals surface area contributed by atoms with Crippen LogP contribution < -0.4 is 10.6 Å². The SMILES string of the molecule is COC(=O)NC(C(=O)N1CC(F)(F)CC1c1ncc(-c2ccc(-c3ccc4c(ccc5[nH]c(C6C[Si](C)(C)CN6C(=O)C(NC(=O)OC)C(C)C)nc54)c3)cc2)[nH]1)C(C)C. The third-order valence-electron chi connectivity index (χ3n) is 11.6. The zero-order chi connectivity index (χ0) is 43.3. The molecule has 0 radical (unpaired) electrons. The van der Waals surface area contributed by atoms with Gasteiger partial charge in [0, 0.05) is 18.0 Å². The number of hydrogen-bond donors (Lipinski definition) is 4. The molecule has 2 fully saturated rings. The molecular weight excluding hydrogens is 791 g/mol. The number of hydrogen-bond acceptors (Lipinski definition) is 8. The summed E-state index contributed by atoms with van der Waals surface area (Å²) in [6.07, 6.45) is 0.163. The lowest BCUT2D eigenvalue weighted by Crippen LogP contribution is -2.52. The number of benzene rings is 3. The van der Waals surface area contributed by atoms with Gasteiger partial charge < -0.3 is 39.9 Å². The van der Waals surface area contributed by atoms with E-state index in [0.29, 0.717) is 11.9 Å². The zero-order valence-electron chi connectivity index (χ0n) is 35.1. The monoisotopic (exact) mass is 842 g/mol. The number of halogens is 2. The van der Waals surface area contributed by atoms with Gasteiger partial charge in [-0.3, -0.25) is 9.59 Å². The van der Waals surface area contributed by atoms with Crippen molar-refractivity contribution in [1.29, 1.82) is 0 Å². The topological polar surface area (TPSA) is 175 Å². The maximum absolute atomic E-state index is 14.8. The highest BCUT2D eigenvalue weighted by Gasteiger charge is 2.50. The number of carbonyl (C=O) groups excluding carboxylic acids is 4. The van der Waals surface area contributed by atoms with Gasteiger partial charge >= 0.3 is 12.2 Å². The summed E-state index contributed by atoms with van der Waals surface area (Å²) in [6, 6.07) is 15.8. The van der Waals surface area contributed by atoms with Gasteiger partial charge in [-0.25, -0.2) is 28.3 Å². The van der Waals surface area contributed by atoms with Gasteiger partial charge in [-0.1, -0.05) is 83.3 Å². The molecule has 60 heavy (non-hydrogen) atoms. The fourth-order valence-electron chi connectivity index (χ4n) is 8.45. The minimum absolute atomic E-state index is 0.140. The molecule has 4 unspecified atom stereocenters. The number of methoxy groups -OCH3 is 2. The Kier molecular flexibility index (Phi) is 11.5. The number of carbonyl (C=O) groups is 4. The summed E-state index contributed by atoms with van der Waals surface area (Å²) >= 11 is 0. The number of nitrogens with one attached hydrogen (secondary N) is 4. The Bertz CT molecular complexity index is 2430. The number of alkyl halides is 2. The number of amides is 4. The van der Waals surface area contributed by atoms with Gasteiger partial charge in [-0.2, -0.15) is 0 Å². The first-order valence-corrected chi connectivity index (χ1v) is 23.6. The molecule has 2 aromatic heterocycles. The number of nitrogens with zero attached hydrogens (tertiary/aromatic N) is 4. The van der Waals surface area contributed by atoms with Crippen LogP contribution >= 0.6 is 0 Å². The van der Waals surface area contributed by atoms with Crippen LogP contribution in [0.3, 0.4) is 0 Å². The average molecular weight is 843 g/mol. The molecule has 17 heteroatoms. The minimum Gasteiger partial charge on any atom is -0.453 e. The van der Waals surface area contributed by atoms with Crippen molar-refractivity contribution in [3.05, 3.63) is 72.4 Å². The molecule has 7 rings (SSSR count). The lowest BCUT2D eigenvalue weighted by atomic mass is 9.99. The zero-order valence-corrected chi connectivity index (χ0v) is 36.1. The van der Waals surface area contributed by atoms with Gasteiger partial charge in [0.2, 0.25) is 11.8 Å². The lowest BCUT2D eigenvalue weighted by molar-refractivity contribution is -0.137. The molecule has 3 aromatic carbocycles. The molecule has 4 heterocycles. The predicted molar refractivity (Wildman–Crippen MR) is 226 cm³/mol. The van der Waals surface area contributed by atoms with Crippen molar-refractivity contribution in [2.75, 3.05) is 26.9 Å². The van der Waals surface area contributed by atoms with E-state index in [4.69, 9.17) is 9.72 Å². The molecule has 4 atom stereocenters. The highest BCUT2D eigenvalue weighted by atomic mass is 28.3. The molecule has 2 aliphatic rings. The molecule has 14 nitrogen and oxygen atoms in total. The third kappa shape index (κ3) is 8.44. The van der Waals surface area contributed by atoms with Gasteiger partial charge in [0.1, 0.15) is 23.7 Å². The Labute approximate surface area is 347 Å². The van der Waals surface area contributed by atoms with Crippen LogP contribution in [0.4, 0.5) is 18.4 Å². The maximum Gasteiger partial charge on any atom is 0.407 e. The summed E-state index contributed by atoms with van der Waals surface area (Å²) in [5.41, 5.74) is 5.01. The number of rotatable bonds is 10. The Morgan fingerprint density at radius 2 is 1.40 bits per heavy atom. The smallest absolute Gasteiger partial charge is 0.407 e. The maximum atomic E-state index is 14.8. The highest BCUT2D eigenvalue weighted by Crippen LogP contribution is 2.42. The van der Waals surface area contributed by atoms with Gasteiger partial charge in [0.15, 0.2) is 0 Å². The summed E-state index contributed by atoms with van der Waals surface area (Å²) in [6.45, 7) is 11.0. The molecule has 4 N–H and O–H groups in total. The molecule has 0 aliphatic carbocycles. The van der Waals surface area contributed by atoms with Crippen molar-refractivity contribution < 1.29 is 37.4 Å². The van der Waals surface area contributed by atoms with Crippen LogP contribution in [0.25, 0.3) is 44.2 Å². The van der Waals surface area contributed by atoms with Crippen LogP contribution in [0, 0.1) is 11.8 Å². The molecular formula is C43H52F2N8O6Si. The van der Waals surface area contributed by atoms with Crippen LogP contribution in [0.5, 0.6) is 0 Å². The first kappa shape index (κ1) is 42.3. The normalized spacial score (nSPS) is 19.5. The highest BCUT2D eigenvalue weighted by molar-refractivity contribution is 6.78. The summed E-state index contributed by atoms with van der Waals surface area (Å²) in [5.74, 6) is -3.46. The van der Waals surface area contributed by atoms with Crippen molar-refractivity contribution in [3.8, 4) is 22.4 Å². The van der Waals surface area contributed by atoms with E-state index < -0.39 is 63.2 Å². The van der Waals surface area contributed by atoms with E-state index in [-0.39, 0.29) is 29.6 Å². The second kappa shape index (κ2) is 16.3. The summed E-state index contributed by atoms with van der Waals surface area (Å²) < 4.78 is 39.1. The molecule has 2 saturated heterocycles. The number of ether oxygens (including phenoxy) is 2. The molecule has 0 spiro atoms. The van der Waals surface area contributed by atoms with Crippen molar-refractivity contribution in [2.24, 2.45) is 11.8 Å². The Hall–Kier alpha value is -5.84. The predicted octanol–water partition coefficient (Wildman–Crippen LogP) is 7.57. The fourth-order valence-corrected chi connectivity index (χ4v) is 11.3. The average Bonchev–Trinajstić information content (AvgIpc) is 4.01. The summed E-state index contributed by atoms with van der Waals surface area (Å²) in [7, 11) is 0.654. The van der Waals surface area contributed by atoms with Crippen LogP contribution in [0.15, 0.2) is 60.8 Å². The van der Waals surface area contributed by atoms with E-state index in [1.165, 1.54) is 14.2 Å². The first-order chi connectivity index (χ1) is 28.4. The second-order valence-corrected chi connectivity index (χ2v) is 22.4. The van der Waals surface area contributed by atoms with E-state index >= 15 is 0 Å². The van der Waals surface area contributed by atoms with Crippen molar-refractivity contribution in [2.45, 2.75) is 83.3 Å². The number of likely N-dealkylation sites (tertiary alicyclic amines) is 1. The lowest BCUT2D eigenvalue weighted by Gasteiger charge is -2.30. The van der Waals surface area contributed by atoms with Crippen molar-refractivity contribution >= 4 is 53.9 Å². The molecule has 5 aromatic rings. The minimum atomic E-state index is -3.13. The van der Waals surface area contributed by atoms with Crippen LogP contribution in [0.2, 0.25) is 19.1 Å². The van der Waals surface area contributed by atoms with Crippen LogP contribution in [-0.2, 0) is 19.1 Å². The van der Waals surface area contributed by atoms with Gasteiger partial charge in [-0.05, 0) is 52.1 Å². The Morgan fingerprint density at radius 3 is 2.02 bits per heavy atom. The van der Waals surface area contributed by atoms with Gasteiger partial charge in [0.05, 0.1) is 63.8 Å². The molecule has 4 amide bonds. The molecule has 0 saturated carbocycles. The van der Waals surface area contributed by atoms with E-state index in [1.54, 1.807) is 20.0 Å². The number of H-pyrrole nitrogens is 2. The summed E-state index contributed by atoms with van der Waals surface area (Å²) in [4.78, 5) is 70.8. The molecule has 2 aliphatic heterocycles. The van der Waals surface area contributed by atoms with Crippen molar-refractivity contribution in [1.82, 2.24) is 40.4 Å². The molecule has 318 valence electrons. The van der Waals surface area contributed by atoms with E-state index in [9.17, 15) is 28.0 Å². The third-order valence-corrected chi connectivity index (χ3v) is 14.3. The van der Waals surface area contributed by atoms with E-state index in [1.807, 2.05) is 67.3 Å². The van der Waals surface area contributed by atoms with Gasteiger partial charge in [0.25, 0.3) is 5.92 Å². The van der Waals surface area contributed by atoms with Crippen LogP contribution in [0.1, 0.15) is 57.8 Å². The standard InChI is InChI=1S/C43H52F2N8O6Si/c1-23(2)34(50-41(56)58-5)39(54)52-21-43(44,45)18-32(52)37-46-19-31(48-37)26-11-9-25(10-12-26)27-13-15-29-28(17-27)14-16-30-36(29)49-38(47-30)33-20-60(7,8)22-53(33)40(55)35(24(3)4)51-42(57)59-6/h9-17,19,23-24,32-35H,18,20-22H2,1-8H3,(H,46,48)(H,47,49)(H,50,56)(H,51,57). The molecule has 0 bridgehead atoms. The number of aromatic nitrogens is 4. The number of alkyl carbamates (subject to hydrolysis) is 2. The quantitative estimate of drug-likeness (QED) is 0.104.